The molecule has 28 heavy (non-hydrogen) atoms. The second-order valence-corrected chi connectivity index (χ2v) is 5.99. The van der Waals surface area contributed by atoms with Crippen molar-refractivity contribution < 1.29 is 18.7 Å². The zero-order valence-electron chi connectivity index (χ0n) is 15.4. The highest BCUT2D eigenvalue weighted by Crippen LogP contribution is 2.16. The number of methoxy groups -OCH3 is 1. The summed E-state index contributed by atoms with van der Waals surface area (Å²) in [5, 5.41) is 8.63. The fraction of sp³-hybridized carbons (Fsp3) is 0.143. The molecule has 0 unspecified atom stereocenters. The summed E-state index contributed by atoms with van der Waals surface area (Å²) in [5.41, 5.74) is 2.30. The highest BCUT2D eigenvalue weighted by Gasteiger charge is 2.09. The first-order chi connectivity index (χ1) is 13.6. The maximum Gasteiger partial charge on any atom is 0.291 e. The van der Waals surface area contributed by atoms with E-state index >= 15 is 0 Å². The maximum atomic E-state index is 12.1. The summed E-state index contributed by atoms with van der Waals surface area (Å²) in [4.78, 5) is 24.1. The zero-order chi connectivity index (χ0) is 19.8. The monoisotopic (exact) mass is 379 g/mol. The number of nitrogens with one attached hydrogen (secondary N) is 3. The average molecular weight is 379 g/mol. The van der Waals surface area contributed by atoms with Gasteiger partial charge in [0.05, 0.1) is 19.9 Å². The number of hydrogen-bond donors (Lipinski definition) is 3. The van der Waals surface area contributed by atoms with E-state index in [9.17, 15) is 9.59 Å². The van der Waals surface area contributed by atoms with Gasteiger partial charge in [-0.25, -0.2) is 0 Å². The summed E-state index contributed by atoms with van der Waals surface area (Å²) < 4.78 is 10.2. The second-order valence-electron chi connectivity index (χ2n) is 5.99. The van der Waals surface area contributed by atoms with Crippen LogP contribution in [0.3, 0.4) is 0 Å². The molecule has 0 aliphatic rings. The Bertz CT molecular complexity index is 921. The van der Waals surface area contributed by atoms with Crippen LogP contribution in [0.15, 0.2) is 71.3 Å². The largest absolute Gasteiger partial charge is 0.497 e. The van der Waals surface area contributed by atoms with Crippen LogP contribution in [0, 0.1) is 0 Å². The minimum absolute atomic E-state index is 0.117. The lowest BCUT2D eigenvalue weighted by molar-refractivity contribution is -0.119. The van der Waals surface area contributed by atoms with Crippen LogP contribution in [0.4, 0.5) is 11.4 Å². The van der Waals surface area contributed by atoms with E-state index in [0.29, 0.717) is 12.2 Å². The van der Waals surface area contributed by atoms with Gasteiger partial charge < -0.3 is 25.1 Å². The van der Waals surface area contributed by atoms with E-state index in [1.165, 1.54) is 6.26 Å². The molecule has 7 heteroatoms. The van der Waals surface area contributed by atoms with Gasteiger partial charge in [0.25, 0.3) is 5.91 Å². The average Bonchev–Trinajstić information content (AvgIpc) is 3.26. The van der Waals surface area contributed by atoms with Crippen molar-refractivity contribution in [3.05, 3.63) is 78.3 Å². The Hall–Kier alpha value is -3.74. The molecule has 0 fully saturated rings. The number of carbonyl (C=O) groups excluding carboxylic acids is 2. The highest BCUT2D eigenvalue weighted by molar-refractivity contribution is 6.02. The van der Waals surface area contributed by atoms with Crippen LogP contribution in [-0.4, -0.2) is 25.5 Å². The molecule has 0 aliphatic carbocycles. The number of ether oxygens (including phenoxy) is 1. The lowest BCUT2D eigenvalue weighted by Crippen LogP contribution is -2.29. The number of carbonyl (C=O) groups is 2. The first-order valence-electron chi connectivity index (χ1n) is 8.72. The smallest absolute Gasteiger partial charge is 0.291 e. The van der Waals surface area contributed by atoms with Gasteiger partial charge in [0.1, 0.15) is 5.75 Å². The summed E-state index contributed by atoms with van der Waals surface area (Å²) >= 11 is 0. The number of anilines is 2. The molecule has 0 bridgehead atoms. The predicted molar refractivity (Wildman–Crippen MR) is 106 cm³/mol. The fourth-order valence-electron chi connectivity index (χ4n) is 2.50. The van der Waals surface area contributed by atoms with Crippen molar-refractivity contribution in [1.29, 1.82) is 0 Å². The minimum atomic E-state index is -0.334. The van der Waals surface area contributed by atoms with Gasteiger partial charge in [-0.2, -0.15) is 0 Å². The molecule has 0 aliphatic heterocycles. The number of furan rings is 1. The van der Waals surface area contributed by atoms with Gasteiger partial charge in [-0.1, -0.05) is 18.2 Å². The third-order valence-corrected chi connectivity index (χ3v) is 3.97. The Morgan fingerprint density at radius 3 is 2.50 bits per heavy atom. The molecule has 0 saturated heterocycles. The van der Waals surface area contributed by atoms with Gasteiger partial charge in [-0.3, -0.25) is 9.59 Å². The van der Waals surface area contributed by atoms with Crippen molar-refractivity contribution >= 4 is 23.2 Å². The Kier molecular flexibility index (Phi) is 6.30. The molecule has 0 saturated carbocycles. The third kappa shape index (κ3) is 5.38. The Labute approximate surface area is 162 Å². The molecule has 2 amide bonds. The van der Waals surface area contributed by atoms with Gasteiger partial charge in [0.2, 0.25) is 5.91 Å². The van der Waals surface area contributed by atoms with E-state index < -0.39 is 0 Å². The molecule has 3 aromatic rings. The van der Waals surface area contributed by atoms with Gasteiger partial charge >= 0.3 is 0 Å². The van der Waals surface area contributed by atoms with E-state index in [-0.39, 0.29) is 24.1 Å². The fourth-order valence-corrected chi connectivity index (χ4v) is 2.50. The van der Waals surface area contributed by atoms with Crippen molar-refractivity contribution in [1.82, 2.24) is 5.32 Å². The molecule has 3 rings (SSSR count). The predicted octanol–water partition coefficient (Wildman–Crippen LogP) is 3.27. The molecule has 0 atom stereocenters. The second kappa shape index (κ2) is 9.27. The summed E-state index contributed by atoms with van der Waals surface area (Å²) in [6.07, 6.45) is 1.44. The summed E-state index contributed by atoms with van der Waals surface area (Å²) in [5.74, 6) is 0.535. The normalized spacial score (nSPS) is 10.2. The Balaban J connectivity index is 1.47. The highest BCUT2D eigenvalue weighted by atomic mass is 16.5. The van der Waals surface area contributed by atoms with E-state index in [2.05, 4.69) is 16.0 Å². The molecule has 7 nitrogen and oxygen atoms in total. The van der Waals surface area contributed by atoms with Gasteiger partial charge in [-0.15, -0.1) is 0 Å². The van der Waals surface area contributed by atoms with Crippen molar-refractivity contribution in [2.24, 2.45) is 0 Å². The van der Waals surface area contributed by atoms with Crippen LogP contribution < -0.4 is 20.7 Å². The van der Waals surface area contributed by atoms with Gasteiger partial charge in [-0.05, 0) is 48.0 Å². The summed E-state index contributed by atoms with van der Waals surface area (Å²) in [7, 11) is 1.61. The van der Waals surface area contributed by atoms with Crippen LogP contribution in [-0.2, 0) is 11.3 Å². The lowest BCUT2D eigenvalue weighted by Gasteiger charge is -2.10. The lowest BCUT2D eigenvalue weighted by atomic mass is 10.2. The maximum absolute atomic E-state index is 12.1. The number of hydrogen-bond acceptors (Lipinski definition) is 5. The van der Waals surface area contributed by atoms with Crippen LogP contribution in [0.2, 0.25) is 0 Å². The summed E-state index contributed by atoms with van der Waals surface area (Å²) in [6.45, 7) is 0.551. The number of rotatable bonds is 8. The van der Waals surface area contributed by atoms with Crippen molar-refractivity contribution in [3.8, 4) is 5.75 Å². The van der Waals surface area contributed by atoms with Crippen molar-refractivity contribution in [3.63, 3.8) is 0 Å². The topological polar surface area (TPSA) is 92.6 Å². The standard InChI is InChI=1S/C21H21N3O4/c1-27-18-9-7-15(8-10-18)13-23-20(25)14-22-16-4-2-5-17(12-16)24-21(26)19-6-3-11-28-19/h2-12,22H,13-14H2,1H3,(H,23,25)(H,24,26). The summed E-state index contributed by atoms with van der Waals surface area (Å²) in [6, 6.07) is 17.9. The van der Waals surface area contributed by atoms with Crippen molar-refractivity contribution in [2.45, 2.75) is 6.54 Å². The number of amides is 2. The van der Waals surface area contributed by atoms with Crippen LogP contribution in [0.5, 0.6) is 5.75 Å². The first kappa shape index (κ1) is 19.0. The third-order valence-electron chi connectivity index (χ3n) is 3.97. The quantitative estimate of drug-likeness (QED) is 0.559. The zero-order valence-corrected chi connectivity index (χ0v) is 15.4. The van der Waals surface area contributed by atoms with E-state index in [4.69, 9.17) is 9.15 Å². The van der Waals surface area contributed by atoms with E-state index in [1.54, 1.807) is 37.4 Å². The van der Waals surface area contributed by atoms with Crippen LogP contribution in [0.25, 0.3) is 0 Å². The number of benzene rings is 2. The Morgan fingerprint density at radius 2 is 1.79 bits per heavy atom. The van der Waals surface area contributed by atoms with Gasteiger partial charge in [0, 0.05) is 17.9 Å². The molecular formula is C21H21N3O4. The molecule has 0 spiro atoms. The molecule has 0 radical (unpaired) electrons. The minimum Gasteiger partial charge on any atom is -0.497 e. The molecular weight excluding hydrogens is 358 g/mol. The Morgan fingerprint density at radius 1 is 1.00 bits per heavy atom. The van der Waals surface area contributed by atoms with E-state index in [0.717, 1.165) is 17.0 Å². The van der Waals surface area contributed by atoms with Gasteiger partial charge in [0.15, 0.2) is 5.76 Å². The molecule has 1 heterocycles. The SMILES string of the molecule is COc1ccc(CNC(=O)CNc2cccc(NC(=O)c3ccco3)c2)cc1. The van der Waals surface area contributed by atoms with Crippen molar-refractivity contribution in [2.75, 3.05) is 24.3 Å². The molecule has 1 aromatic heterocycles. The molecule has 2 aromatic carbocycles. The van der Waals surface area contributed by atoms with E-state index in [1.807, 2.05) is 30.3 Å². The first-order valence-corrected chi connectivity index (χ1v) is 8.72. The van der Waals surface area contributed by atoms with Crippen LogP contribution in [0.1, 0.15) is 16.1 Å². The van der Waals surface area contributed by atoms with Crippen LogP contribution >= 0.6 is 0 Å². The molecule has 3 N–H and O–H groups in total. The molecule has 144 valence electrons.